The third-order valence-electron chi connectivity index (χ3n) is 3.72. The Bertz CT molecular complexity index is 433. The number of hydrogen-bond donors (Lipinski definition) is 3. The standard InChI is InChI=1S/C13H19N3O/c14-11-2-4-16(8-11)7-10-5-9-1-3-15-12(9)6-13(10)17/h5-6,11,15,17H,1-4,7-8,14H2. The second kappa shape index (κ2) is 4.20. The van der Waals surface area contributed by atoms with Crippen LogP contribution in [0.5, 0.6) is 5.75 Å². The van der Waals surface area contributed by atoms with Crippen molar-refractivity contribution in [1.82, 2.24) is 4.90 Å². The Labute approximate surface area is 101 Å². The largest absolute Gasteiger partial charge is 0.508 e. The van der Waals surface area contributed by atoms with E-state index in [2.05, 4.69) is 16.3 Å². The number of hydrogen-bond acceptors (Lipinski definition) is 4. The first-order chi connectivity index (χ1) is 8.22. The van der Waals surface area contributed by atoms with Crippen LogP contribution in [0.1, 0.15) is 17.5 Å². The number of benzene rings is 1. The predicted molar refractivity (Wildman–Crippen MR) is 68.2 cm³/mol. The van der Waals surface area contributed by atoms with Gasteiger partial charge in [-0.05, 0) is 24.5 Å². The summed E-state index contributed by atoms with van der Waals surface area (Å²) in [4.78, 5) is 2.31. The number of phenolic OH excluding ortho intramolecular Hbond substituents is 1. The molecule has 1 saturated heterocycles. The Morgan fingerprint density at radius 2 is 2.35 bits per heavy atom. The predicted octanol–water partition coefficient (Wildman–Crippen LogP) is 0.893. The first-order valence-electron chi connectivity index (χ1n) is 6.29. The highest BCUT2D eigenvalue weighted by Gasteiger charge is 2.21. The topological polar surface area (TPSA) is 61.5 Å². The molecule has 0 spiro atoms. The van der Waals surface area contributed by atoms with Crippen LogP contribution in [0, 0.1) is 0 Å². The van der Waals surface area contributed by atoms with Gasteiger partial charge in [-0.15, -0.1) is 0 Å². The van der Waals surface area contributed by atoms with Gasteiger partial charge in [-0.3, -0.25) is 4.90 Å². The fourth-order valence-electron chi connectivity index (χ4n) is 2.76. The highest BCUT2D eigenvalue weighted by molar-refractivity contribution is 5.60. The van der Waals surface area contributed by atoms with Gasteiger partial charge in [-0.1, -0.05) is 0 Å². The molecule has 4 heteroatoms. The smallest absolute Gasteiger partial charge is 0.122 e. The minimum absolute atomic E-state index is 0.299. The molecule has 4 nitrogen and oxygen atoms in total. The van der Waals surface area contributed by atoms with E-state index in [1.165, 1.54) is 5.56 Å². The average molecular weight is 233 g/mol. The average Bonchev–Trinajstić information content (AvgIpc) is 2.88. The zero-order valence-electron chi connectivity index (χ0n) is 9.95. The van der Waals surface area contributed by atoms with E-state index in [-0.39, 0.29) is 0 Å². The van der Waals surface area contributed by atoms with Crippen LogP contribution >= 0.6 is 0 Å². The molecule has 0 saturated carbocycles. The molecule has 1 atom stereocenters. The summed E-state index contributed by atoms with van der Waals surface area (Å²) in [5, 5.41) is 13.3. The Kier molecular flexibility index (Phi) is 2.68. The van der Waals surface area contributed by atoms with E-state index in [9.17, 15) is 5.11 Å². The van der Waals surface area contributed by atoms with Gasteiger partial charge in [0, 0.05) is 49.5 Å². The number of nitrogens with zero attached hydrogens (tertiary/aromatic N) is 1. The summed E-state index contributed by atoms with van der Waals surface area (Å²) < 4.78 is 0. The number of fused-ring (bicyclic) bond motifs is 1. The summed E-state index contributed by atoms with van der Waals surface area (Å²) >= 11 is 0. The summed E-state index contributed by atoms with van der Waals surface area (Å²) in [6, 6.07) is 4.29. The lowest BCUT2D eigenvalue weighted by Gasteiger charge is -2.17. The van der Waals surface area contributed by atoms with Crippen LogP contribution in [0.4, 0.5) is 5.69 Å². The van der Waals surface area contributed by atoms with Gasteiger partial charge in [-0.2, -0.15) is 0 Å². The van der Waals surface area contributed by atoms with Gasteiger partial charge in [0.25, 0.3) is 0 Å². The van der Waals surface area contributed by atoms with Crippen LogP contribution in [0.2, 0.25) is 0 Å². The molecule has 17 heavy (non-hydrogen) atoms. The summed E-state index contributed by atoms with van der Waals surface area (Å²) in [5.41, 5.74) is 9.33. The van der Waals surface area contributed by atoms with Crippen molar-refractivity contribution < 1.29 is 5.11 Å². The Morgan fingerprint density at radius 1 is 1.47 bits per heavy atom. The van der Waals surface area contributed by atoms with E-state index >= 15 is 0 Å². The van der Waals surface area contributed by atoms with E-state index in [0.29, 0.717) is 11.8 Å². The third kappa shape index (κ3) is 2.10. The van der Waals surface area contributed by atoms with Crippen LogP contribution < -0.4 is 11.1 Å². The SMILES string of the molecule is NC1CCN(Cc2cc3c(cc2O)NCC3)C1. The van der Waals surface area contributed by atoms with Gasteiger partial charge in [0.05, 0.1) is 0 Å². The fourth-order valence-corrected chi connectivity index (χ4v) is 2.76. The Morgan fingerprint density at radius 3 is 3.12 bits per heavy atom. The Balaban J connectivity index is 1.79. The summed E-state index contributed by atoms with van der Waals surface area (Å²) in [6.45, 7) is 3.77. The lowest BCUT2D eigenvalue weighted by Crippen LogP contribution is -2.26. The highest BCUT2D eigenvalue weighted by atomic mass is 16.3. The molecule has 2 heterocycles. The van der Waals surface area contributed by atoms with E-state index < -0.39 is 0 Å². The lowest BCUT2D eigenvalue weighted by atomic mass is 10.1. The summed E-state index contributed by atoms with van der Waals surface area (Å²) in [7, 11) is 0. The molecule has 0 bridgehead atoms. The van der Waals surface area contributed by atoms with Gasteiger partial charge in [-0.25, -0.2) is 0 Å². The molecule has 1 unspecified atom stereocenters. The quantitative estimate of drug-likeness (QED) is 0.710. The highest BCUT2D eigenvalue weighted by Crippen LogP contribution is 2.31. The normalized spacial score (nSPS) is 23.7. The van der Waals surface area contributed by atoms with Crippen molar-refractivity contribution in [3.63, 3.8) is 0 Å². The van der Waals surface area contributed by atoms with Crippen LogP contribution in [-0.4, -0.2) is 35.7 Å². The van der Waals surface area contributed by atoms with Crippen molar-refractivity contribution in [2.45, 2.75) is 25.4 Å². The molecule has 4 N–H and O–H groups in total. The number of rotatable bonds is 2. The molecule has 2 aliphatic rings. The minimum Gasteiger partial charge on any atom is -0.508 e. The molecule has 0 aliphatic carbocycles. The molecular weight excluding hydrogens is 214 g/mol. The molecule has 2 aliphatic heterocycles. The fraction of sp³-hybridized carbons (Fsp3) is 0.538. The van der Waals surface area contributed by atoms with E-state index in [1.54, 1.807) is 0 Å². The molecule has 3 rings (SSSR count). The van der Waals surface area contributed by atoms with Crippen molar-refractivity contribution in [2.24, 2.45) is 5.73 Å². The zero-order chi connectivity index (χ0) is 11.8. The second-order valence-corrected chi connectivity index (χ2v) is 5.10. The van der Waals surface area contributed by atoms with Crippen molar-refractivity contribution in [2.75, 3.05) is 25.0 Å². The number of phenols is 1. The van der Waals surface area contributed by atoms with Gasteiger partial charge in [0.2, 0.25) is 0 Å². The van der Waals surface area contributed by atoms with Crippen molar-refractivity contribution in [3.8, 4) is 5.75 Å². The lowest BCUT2D eigenvalue weighted by molar-refractivity contribution is 0.320. The van der Waals surface area contributed by atoms with E-state index in [1.807, 2.05) is 6.07 Å². The third-order valence-corrected chi connectivity index (χ3v) is 3.72. The summed E-state index contributed by atoms with van der Waals surface area (Å²) in [5.74, 6) is 0.402. The minimum atomic E-state index is 0.299. The van der Waals surface area contributed by atoms with Crippen LogP contribution in [0.15, 0.2) is 12.1 Å². The maximum absolute atomic E-state index is 10.0. The molecular formula is C13H19N3O. The van der Waals surface area contributed by atoms with E-state index in [0.717, 1.165) is 50.3 Å². The maximum Gasteiger partial charge on any atom is 0.122 e. The first-order valence-corrected chi connectivity index (χ1v) is 6.29. The monoisotopic (exact) mass is 233 g/mol. The van der Waals surface area contributed by atoms with Crippen LogP contribution in [0.25, 0.3) is 0 Å². The number of likely N-dealkylation sites (tertiary alicyclic amines) is 1. The maximum atomic E-state index is 10.0. The molecule has 1 aromatic rings. The molecule has 0 amide bonds. The van der Waals surface area contributed by atoms with Gasteiger partial charge < -0.3 is 16.2 Å². The number of anilines is 1. The molecule has 0 radical (unpaired) electrons. The van der Waals surface area contributed by atoms with Gasteiger partial charge in [0.1, 0.15) is 5.75 Å². The van der Waals surface area contributed by atoms with Gasteiger partial charge in [0.15, 0.2) is 0 Å². The van der Waals surface area contributed by atoms with Crippen LogP contribution in [-0.2, 0) is 13.0 Å². The van der Waals surface area contributed by atoms with Crippen molar-refractivity contribution >= 4 is 5.69 Å². The van der Waals surface area contributed by atoms with Gasteiger partial charge >= 0.3 is 0 Å². The molecule has 1 aromatic carbocycles. The first kappa shape index (κ1) is 10.9. The second-order valence-electron chi connectivity index (χ2n) is 5.10. The number of aromatic hydroxyl groups is 1. The molecule has 92 valence electrons. The molecule has 0 aromatic heterocycles. The van der Waals surface area contributed by atoms with E-state index in [4.69, 9.17) is 5.73 Å². The van der Waals surface area contributed by atoms with Crippen LogP contribution in [0.3, 0.4) is 0 Å². The Hall–Kier alpha value is -1.26. The summed E-state index contributed by atoms with van der Waals surface area (Å²) in [6.07, 6.45) is 2.12. The zero-order valence-corrected chi connectivity index (χ0v) is 9.95. The number of nitrogens with two attached hydrogens (primary N) is 1. The molecule has 1 fully saturated rings. The van der Waals surface area contributed by atoms with Crippen molar-refractivity contribution in [3.05, 3.63) is 23.3 Å². The van der Waals surface area contributed by atoms with Crippen molar-refractivity contribution in [1.29, 1.82) is 0 Å². The number of nitrogens with one attached hydrogen (secondary N) is 1.